The quantitative estimate of drug-likeness (QED) is 0.527. The monoisotopic (exact) mass is 323 g/mol. The molecule has 0 aliphatic heterocycles. The third kappa shape index (κ3) is 3.95. The summed E-state index contributed by atoms with van der Waals surface area (Å²) >= 11 is 0. The van der Waals surface area contributed by atoms with Gasteiger partial charge in [0.1, 0.15) is 12.1 Å². The van der Waals surface area contributed by atoms with E-state index in [2.05, 4.69) is 20.8 Å². The summed E-state index contributed by atoms with van der Waals surface area (Å²) in [7, 11) is 0. The van der Waals surface area contributed by atoms with Gasteiger partial charge in [0.05, 0.1) is 10.6 Å². The molecule has 0 spiro atoms. The number of nitro benzene ring substituents is 1. The molecular formula is C16H13N5O3. The number of aromatic nitrogens is 2. The van der Waals surface area contributed by atoms with Crippen molar-refractivity contribution in [1.82, 2.24) is 9.97 Å². The van der Waals surface area contributed by atoms with E-state index >= 15 is 0 Å². The van der Waals surface area contributed by atoms with Crippen molar-refractivity contribution in [2.24, 2.45) is 0 Å². The minimum atomic E-state index is -0.467. The van der Waals surface area contributed by atoms with Gasteiger partial charge in [-0.05, 0) is 24.3 Å². The predicted octanol–water partition coefficient (Wildman–Crippen LogP) is 3.62. The Kier molecular flexibility index (Phi) is 4.47. The number of hydrogen-bond donors (Lipinski definition) is 2. The lowest BCUT2D eigenvalue weighted by atomic mass is 10.3. The van der Waals surface area contributed by atoms with E-state index in [1.807, 2.05) is 30.3 Å². The summed E-state index contributed by atoms with van der Waals surface area (Å²) in [6.07, 6.45) is 1.36. The number of nitro groups is 1. The highest BCUT2D eigenvalue weighted by atomic mass is 16.6. The number of nitrogens with one attached hydrogen (secondary N) is 2. The van der Waals surface area contributed by atoms with E-state index in [4.69, 9.17) is 4.74 Å². The van der Waals surface area contributed by atoms with Crippen LogP contribution >= 0.6 is 0 Å². The summed E-state index contributed by atoms with van der Waals surface area (Å²) in [5, 5.41) is 10.6. The van der Waals surface area contributed by atoms with Crippen LogP contribution in [0.1, 0.15) is 0 Å². The van der Waals surface area contributed by atoms with Crippen molar-refractivity contribution in [2.45, 2.75) is 0 Å². The third-order valence-corrected chi connectivity index (χ3v) is 3.02. The van der Waals surface area contributed by atoms with Crippen molar-refractivity contribution in [2.75, 3.05) is 10.9 Å². The van der Waals surface area contributed by atoms with Crippen molar-refractivity contribution in [3.63, 3.8) is 0 Å². The van der Waals surface area contributed by atoms with E-state index in [0.717, 1.165) is 5.69 Å². The Morgan fingerprint density at radius 1 is 0.958 bits per heavy atom. The number of hydrogen-bond acceptors (Lipinski definition) is 7. The first-order valence-corrected chi connectivity index (χ1v) is 7.02. The molecule has 8 nitrogen and oxygen atoms in total. The van der Waals surface area contributed by atoms with E-state index in [-0.39, 0.29) is 5.69 Å². The van der Waals surface area contributed by atoms with Gasteiger partial charge in [-0.2, -0.15) is 0 Å². The summed E-state index contributed by atoms with van der Waals surface area (Å²) in [6, 6.07) is 16.9. The summed E-state index contributed by atoms with van der Waals surface area (Å²) in [6.45, 7) is 0. The molecule has 0 atom stereocenters. The molecule has 0 unspecified atom stereocenters. The minimum absolute atomic E-state index is 0.000505. The highest BCUT2D eigenvalue weighted by molar-refractivity contribution is 5.50. The van der Waals surface area contributed by atoms with Gasteiger partial charge < -0.3 is 4.74 Å². The second-order valence-electron chi connectivity index (χ2n) is 4.71. The standard InChI is InChI=1S/C16H13N5O3/c22-21(23)13-6-8-14(9-7-13)24-16-10-15(17-11-18-16)20-19-12-4-2-1-3-5-12/h1-11,19H,(H,17,18,20). The molecule has 0 saturated carbocycles. The third-order valence-electron chi connectivity index (χ3n) is 3.02. The highest BCUT2D eigenvalue weighted by Crippen LogP contribution is 2.23. The van der Waals surface area contributed by atoms with Crippen LogP contribution in [0.4, 0.5) is 17.2 Å². The van der Waals surface area contributed by atoms with E-state index in [9.17, 15) is 10.1 Å². The van der Waals surface area contributed by atoms with Crippen LogP contribution in [0.5, 0.6) is 11.6 Å². The van der Waals surface area contributed by atoms with Crippen molar-refractivity contribution in [1.29, 1.82) is 0 Å². The average molecular weight is 323 g/mol. The normalized spacial score (nSPS) is 10.0. The molecule has 0 amide bonds. The number of rotatable bonds is 6. The van der Waals surface area contributed by atoms with Gasteiger partial charge in [0.25, 0.3) is 5.69 Å². The van der Waals surface area contributed by atoms with Crippen LogP contribution in [-0.2, 0) is 0 Å². The lowest BCUT2D eigenvalue weighted by Gasteiger charge is -2.10. The first-order chi connectivity index (χ1) is 11.7. The van der Waals surface area contributed by atoms with Crippen molar-refractivity contribution in [3.8, 4) is 11.6 Å². The van der Waals surface area contributed by atoms with Crippen LogP contribution in [-0.4, -0.2) is 14.9 Å². The maximum Gasteiger partial charge on any atom is 0.269 e. The van der Waals surface area contributed by atoms with Gasteiger partial charge in [0, 0.05) is 18.2 Å². The molecule has 8 heteroatoms. The SMILES string of the molecule is O=[N+]([O-])c1ccc(Oc2cc(NNc3ccccc3)ncn2)cc1. The average Bonchev–Trinajstić information content (AvgIpc) is 2.62. The van der Waals surface area contributed by atoms with E-state index < -0.39 is 4.92 Å². The maximum absolute atomic E-state index is 10.6. The number of hydrazine groups is 1. The second kappa shape index (κ2) is 7.05. The molecule has 1 heterocycles. The first-order valence-electron chi connectivity index (χ1n) is 7.02. The summed E-state index contributed by atoms with van der Waals surface area (Å²) in [5.41, 5.74) is 6.82. The molecule has 0 bridgehead atoms. The molecule has 24 heavy (non-hydrogen) atoms. The topological polar surface area (TPSA) is 102 Å². The van der Waals surface area contributed by atoms with Gasteiger partial charge in [-0.25, -0.2) is 9.97 Å². The van der Waals surface area contributed by atoms with E-state index in [0.29, 0.717) is 17.4 Å². The molecule has 2 aromatic carbocycles. The zero-order chi connectivity index (χ0) is 16.8. The van der Waals surface area contributed by atoms with Gasteiger partial charge in [0.2, 0.25) is 5.88 Å². The maximum atomic E-state index is 10.6. The molecule has 3 rings (SSSR count). The predicted molar refractivity (Wildman–Crippen MR) is 88.9 cm³/mol. The van der Waals surface area contributed by atoms with Crippen molar-refractivity contribution in [3.05, 3.63) is 77.1 Å². The molecule has 0 aliphatic rings. The zero-order valence-corrected chi connectivity index (χ0v) is 12.4. The lowest BCUT2D eigenvalue weighted by molar-refractivity contribution is -0.384. The lowest BCUT2D eigenvalue weighted by Crippen LogP contribution is -2.10. The Bertz CT molecular complexity index is 825. The van der Waals surface area contributed by atoms with Gasteiger partial charge in [-0.1, -0.05) is 18.2 Å². The number of non-ortho nitro benzene ring substituents is 1. The summed E-state index contributed by atoms with van der Waals surface area (Å²) in [4.78, 5) is 18.3. The van der Waals surface area contributed by atoms with Crippen LogP contribution in [0.2, 0.25) is 0 Å². The molecule has 0 fully saturated rings. The molecule has 3 aromatic rings. The number of nitrogens with zero attached hydrogens (tertiary/aromatic N) is 3. The van der Waals surface area contributed by atoms with Crippen LogP contribution in [0.3, 0.4) is 0 Å². The van der Waals surface area contributed by atoms with Gasteiger partial charge in [0.15, 0.2) is 5.82 Å². The fourth-order valence-corrected chi connectivity index (χ4v) is 1.88. The molecule has 1 aromatic heterocycles. The molecule has 0 radical (unpaired) electrons. The summed E-state index contributed by atoms with van der Waals surface area (Å²) in [5.74, 6) is 1.28. The second-order valence-corrected chi connectivity index (χ2v) is 4.71. The fourth-order valence-electron chi connectivity index (χ4n) is 1.88. The molecule has 0 saturated heterocycles. The first kappa shape index (κ1) is 15.2. The Morgan fingerprint density at radius 2 is 1.71 bits per heavy atom. The van der Waals surface area contributed by atoms with Crippen LogP contribution in [0.25, 0.3) is 0 Å². The van der Waals surface area contributed by atoms with Gasteiger partial charge >= 0.3 is 0 Å². The van der Waals surface area contributed by atoms with Crippen molar-refractivity contribution < 1.29 is 9.66 Å². The Morgan fingerprint density at radius 3 is 2.42 bits per heavy atom. The molecule has 0 aliphatic carbocycles. The molecule has 2 N–H and O–H groups in total. The van der Waals surface area contributed by atoms with Gasteiger partial charge in [-0.3, -0.25) is 21.0 Å². The fraction of sp³-hybridized carbons (Fsp3) is 0. The van der Waals surface area contributed by atoms with Gasteiger partial charge in [-0.15, -0.1) is 0 Å². The van der Waals surface area contributed by atoms with E-state index in [1.165, 1.54) is 30.6 Å². The largest absolute Gasteiger partial charge is 0.439 e. The molecule has 120 valence electrons. The zero-order valence-electron chi connectivity index (χ0n) is 12.4. The smallest absolute Gasteiger partial charge is 0.269 e. The Hall–Kier alpha value is -3.68. The van der Waals surface area contributed by atoms with E-state index in [1.54, 1.807) is 6.07 Å². The Balaban J connectivity index is 1.65. The Labute approximate surface area is 137 Å². The summed E-state index contributed by atoms with van der Waals surface area (Å²) < 4.78 is 5.56. The van der Waals surface area contributed by atoms with Crippen LogP contribution in [0.15, 0.2) is 67.0 Å². The number of anilines is 2. The minimum Gasteiger partial charge on any atom is -0.439 e. The molecular weight excluding hydrogens is 310 g/mol. The highest BCUT2D eigenvalue weighted by Gasteiger charge is 2.06. The van der Waals surface area contributed by atoms with Crippen LogP contribution < -0.4 is 15.6 Å². The van der Waals surface area contributed by atoms with Crippen LogP contribution in [0, 0.1) is 10.1 Å². The van der Waals surface area contributed by atoms with Crippen molar-refractivity contribution >= 4 is 17.2 Å². The number of benzene rings is 2. The number of ether oxygens (including phenoxy) is 1. The number of para-hydroxylation sites is 1.